The van der Waals surface area contributed by atoms with Crippen molar-refractivity contribution in [3.05, 3.63) is 53.4 Å². The maximum atomic E-state index is 13.7. The Bertz CT molecular complexity index is 1160. The zero-order valence-electron chi connectivity index (χ0n) is 16.4. The molecule has 0 bridgehead atoms. The fraction of sp³-hybridized carbons (Fsp3) is 0.316. The summed E-state index contributed by atoms with van der Waals surface area (Å²) in [6, 6.07) is 9.46. The maximum absolute atomic E-state index is 13.7. The molecular weight excluding hydrogens is 445 g/mol. The molecule has 0 saturated carbocycles. The highest BCUT2D eigenvalue weighted by Gasteiger charge is 2.25. The molecule has 164 valence electrons. The lowest BCUT2D eigenvalue weighted by atomic mass is 10.3. The van der Waals surface area contributed by atoms with Crippen LogP contribution in [-0.4, -0.2) is 72.0 Å². The number of nitrogens with one attached hydrogen (secondary N) is 1. The molecule has 0 aliphatic carbocycles. The van der Waals surface area contributed by atoms with Gasteiger partial charge in [-0.2, -0.15) is 4.31 Å². The fourth-order valence-corrected chi connectivity index (χ4v) is 5.11. The van der Waals surface area contributed by atoms with E-state index in [2.05, 4.69) is 15.4 Å². The molecule has 0 atom stereocenters. The second-order valence-corrected chi connectivity index (χ2v) is 9.75. The number of halogens is 1. The van der Waals surface area contributed by atoms with E-state index < -0.39 is 21.7 Å². The Labute approximate surface area is 182 Å². The molecule has 4 rings (SSSR count). The normalized spacial score (nSPS) is 15.1. The van der Waals surface area contributed by atoms with E-state index in [0.717, 1.165) is 4.88 Å². The lowest BCUT2D eigenvalue weighted by Gasteiger charge is -2.25. The smallest absolute Gasteiger partial charge is 0.291 e. The fourth-order valence-electron chi connectivity index (χ4n) is 3.09. The van der Waals surface area contributed by atoms with Crippen LogP contribution in [0.5, 0.6) is 0 Å². The maximum Gasteiger partial charge on any atom is 0.291 e. The minimum absolute atomic E-state index is 0.0820. The molecule has 3 heterocycles. The minimum atomic E-state index is -3.49. The van der Waals surface area contributed by atoms with Crippen LogP contribution in [0.3, 0.4) is 0 Å². The number of aromatic nitrogens is 3. The van der Waals surface area contributed by atoms with E-state index in [1.165, 1.54) is 32.5 Å². The Morgan fingerprint density at radius 2 is 2.03 bits per heavy atom. The van der Waals surface area contributed by atoms with Gasteiger partial charge in [-0.05, 0) is 29.6 Å². The van der Waals surface area contributed by atoms with E-state index in [0.29, 0.717) is 37.8 Å². The molecule has 3 aromatic rings. The van der Waals surface area contributed by atoms with Crippen LogP contribution in [0.15, 0.2) is 41.8 Å². The van der Waals surface area contributed by atoms with E-state index in [4.69, 9.17) is 4.74 Å². The van der Waals surface area contributed by atoms with Crippen LogP contribution in [0.25, 0.3) is 16.4 Å². The van der Waals surface area contributed by atoms with Gasteiger partial charge < -0.3 is 10.1 Å². The van der Waals surface area contributed by atoms with Crippen LogP contribution in [-0.2, 0) is 14.8 Å². The summed E-state index contributed by atoms with van der Waals surface area (Å²) < 4.78 is 46.4. The molecule has 1 saturated heterocycles. The van der Waals surface area contributed by atoms with Crippen LogP contribution in [0.1, 0.15) is 10.6 Å². The predicted molar refractivity (Wildman–Crippen MR) is 113 cm³/mol. The van der Waals surface area contributed by atoms with Crippen molar-refractivity contribution in [2.45, 2.75) is 0 Å². The van der Waals surface area contributed by atoms with Gasteiger partial charge in [0.15, 0.2) is 5.82 Å². The Balaban J connectivity index is 1.50. The number of thiophene rings is 1. The minimum Gasteiger partial charge on any atom is -0.379 e. The van der Waals surface area contributed by atoms with Crippen LogP contribution >= 0.6 is 11.3 Å². The molecule has 0 spiro atoms. The Kier molecular flexibility index (Phi) is 6.41. The molecule has 2 aromatic heterocycles. The molecule has 1 aliphatic heterocycles. The van der Waals surface area contributed by atoms with Crippen molar-refractivity contribution in [1.29, 1.82) is 0 Å². The lowest BCUT2D eigenvalue weighted by Crippen LogP contribution is -2.43. The van der Waals surface area contributed by atoms with E-state index >= 15 is 0 Å². The number of hydrogen-bond acceptors (Lipinski definition) is 7. The first-order valence-electron chi connectivity index (χ1n) is 9.55. The second kappa shape index (κ2) is 9.22. The second-order valence-electron chi connectivity index (χ2n) is 6.71. The average Bonchev–Trinajstić information content (AvgIpc) is 3.44. The molecule has 1 aromatic carbocycles. The Morgan fingerprint density at radius 3 is 2.74 bits per heavy atom. The number of carbonyl (C=O) groups excluding carboxylic acids is 1. The summed E-state index contributed by atoms with van der Waals surface area (Å²) in [5.74, 6) is -1.01. The van der Waals surface area contributed by atoms with Crippen LogP contribution < -0.4 is 5.32 Å². The van der Waals surface area contributed by atoms with Gasteiger partial charge in [0.1, 0.15) is 5.82 Å². The van der Waals surface area contributed by atoms with Gasteiger partial charge in [0.2, 0.25) is 15.8 Å². The third-order valence-corrected chi connectivity index (χ3v) is 7.35. The molecule has 1 fully saturated rings. The first kappa shape index (κ1) is 21.6. The standard InChI is InChI=1S/C19H20FN5O4S2/c20-14-3-1-4-15(13-14)25-18(16-5-2-11-30-16)22-17(23-25)19(26)21-6-12-31(27,28)24-7-9-29-10-8-24/h1-5,11,13H,6-10,12H2,(H,21,26). The van der Waals surface area contributed by atoms with Crippen molar-refractivity contribution in [2.24, 2.45) is 0 Å². The average molecular weight is 466 g/mol. The molecule has 1 N–H and O–H groups in total. The predicted octanol–water partition coefficient (Wildman–Crippen LogP) is 1.53. The van der Waals surface area contributed by atoms with Crippen LogP contribution in [0.4, 0.5) is 4.39 Å². The van der Waals surface area contributed by atoms with Crippen LogP contribution in [0, 0.1) is 5.82 Å². The quantitative estimate of drug-likeness (QED) is 0.567. The van der Waals surface area contributed by atoms with Gasteiger partial charge in [-0.1, -0.05) is 12.1 Å². The van der Waals surface area contributed by atoms with E-state index in [9.17, 15) is 17.6 Å². The van der Waals surface area contributed by atoms with E-state index in [-0.39, 0.29) is 18.1 Å². The molecular formula is C19H20FN5O4S2. The lowest BCUT2D eigenvalue weighted by molar-refractivity contribution is 0.0730. The first-order chi connectivity index (χ1) is 14.9. The highest BCUT2D eigenvalue weighted by Crippen LogP contribution is 2.25. The number of hydrogen-bond donors (Lipinski definition) is 1. The summed E-state index contributed by atoms with van der Waals surface area (Å²) >= 11 is 1.41. The monoisotopic (exact) mass is 465 g/mol. The summed E-state index contributed by atoms with van der Waals surface area (Å²) in [5, 5.41) is 8.65. The number of rotatable bonds is 7. The van der Waals surface area contributed by atoms with Crippen molar-refractivity contribution < 1.29 is 22.3 Å². The summed E-state index contributed by atoms with van der Waals surface area (Å²) in [4.78, 5) is 17.7. The number of sulfonamides is 1. The zero-order chi connectivity index (χ0) is 21.8. The summed E-state index contributed by atoms with van der Waals surface area (Å²) in [7, 11) is -3.49. The number of benzene rings is 1. The van der Waals surface area contributed by atoms with Crippen molar-refractivity contribution in [3.63, 3.8) is 0 Å². The Hall–Kier alpha value is -2.67. The number of carbonyl (C=O) groups is 1. The number of nitrogens with zero attached hydrogens (tertiary/aromatic N) is 4. The van der Waals surface area contributed by atoms with Crippen LogP contribution in [0.2, 0.25) is 0 Å². The third kappa shape index (κ3) is 4.98. The van der Waals surface area contributed by atoms with Gasteiger partial charge in [0, 0.05) is 19.6 Å². The van der Waals surface area contributed by atoms with Gasteiger partial charge in [0.05, 0.1) is 29.5 Å². The molecule has 0 radical (unpaired) electrons. The number of morpholine rings is 1. The third-order valence-electron chi connectivity index (χ3n) is 4.61. The topological polar surface area (TPSA) is 106 Å². The zero-order valence-corrected chi connectivity index (χ0v) is 18.0. The van der Waals surface area contributed by atoms with Gasteiger partial charge in [-0.25, -0.2) is 22.5 Å². The van der Waals surface area contributed by atoms with Crippen molar-refractivity contribution in [2.75, 3.05) is 38.6 Å². The van der Waals surface area contributed by atoms with Crippen molar-refractivity contribution in [1.82, 2.24) is 24.4 Å². The highest BCUT2D eigenvalue weighted by molar-refractivity contribution is 7.89. The van der Waals surface area contributed by atoms with Crippen molar-refractivity contribution >= 4 is 27.3 Å². The molecule has 1 aliphatic rings. The van der Waals surface area contributed by atoms with Gasteiger partial charge >= 0.3 is 0 Å². The van der Waals surface area contributed by atoms with E-state index in [1.54, 1.807) is 12.1 Å². The number of amides is 1. The van der Waals surface area contributed by atoms with Crippen molar-refractivity contribution in [3.8, 4) is 16.4 Å². The SMILES string of the molecule is O=C(NCCS(=O)(=O)N1CCOCC1)c1nc(-c2cccs2)n(-c2cccc(F)c2)n1. The highest BCUT2D eigenvalue weighted by atomic mass is 32.2. The Morgan fingerprint density at radius 1 is 1.23 bits per heavy atom. The summed E-state index contributed by atoms with van der Waals surface area (Å²) in [5.41, 5.74) is 0.421. The molecule has 12 heteroatoms. The molecule has 9 nitrogen and oxygen atoms in total. The molecule has 31 heavy (non-hydrogen) atoms. The largest absolute Gasteiger partial charge is 0.379 e. The molecule has 0 unspecified atom stereocenters. The van der Waals surface area contributed by atoms with Gasteiger partial charge in [-0.15, -0.1) is 16.4 Å². The number of ether oxygens (including phenoxy) is 1. The molecule has 1 amide bonds. The summed E-state index contributed by atoms with van der Waals surface area (Å²) in [6.45, 7) is 1.25. The van der Waals surface area contributed by atoms with Gasteiger partial charge in [0.25, 0.3) is 5.91 Å². The summed E-state index contributed by atoms with van der Waals surface area (Å²) in [6.07, 6.45) is 0. The van der Waals surface area contributed by atoms with E-state index in [1.807, 2.05) is 17.5 Å². The van der Waals surface area contributed by atoms with Gasteiger partial charge in [-0.3, -0.25) is 4.79 Å². The first-order valence-corrected chi connectivity index (χ1v) is 12.0.